The molecule has 0 aliphatic heterocycles. The lowest BCUT2D eigenvalue weighted by Gasteiger charge is -2.07. The van der Waals surface area contributed by atoms with Crippen molar-refractivity contribution in [3.05, 3.63) is 83.4 Å². The van der Waals surface area contributed by atoms with E-state index >= 15 is 0 Å². The van der Waals surface area contributed by atoms with Gasteiger partial charge in [0.1, 0.15) is 0 Å². The summed E-state index contributed by atoms with van der Waals surface area (Å²) in [6.45, 7) is 0.476. The van der Waals surface area contributed by atoms with E-state index in [-0.39, 0.29) is 5.91 Å². The van der Waals surface area contributed by atoms with Crippen LogP contribution in [-0.2, 0) is 6.54 Å². The first kappa shape index (κ1) is 13.8. The number of nitrogens with one attached hydrogen (secondary N) is 1. The number of rotatable bonds is 3. The summed E-state index contributed by atoms with van der Waals surface area (Å²) in [5.74, 6) is -0.141. The van der Waals surface area contributed by atoms with Gasteiger partial charge in [-0.15, -0.1) is 0 Å². The van der Waals surface area contributed by atoms with Gasteiger partial charge in [0, 0.05) is 12.1 Å². The molecule has 0 aliphatic rings. The number of nitriles is 1. The van der Waals surface area contributed by atoms with Gasteiger partial charge < -0.3 is 5.32 Å². The monoisotopic (exact) mass is 286 g/mol. The van der Waals surface area contributed by atoms with Crippen molar-refractivity contribution in [2.24, 2.45) is 0 Å². The summed E-state index contributed by atoms with van der Waals surface area (Å²) < 4.78 is 0. The fourth-order valence-electron chi connectivity index (χ4n) is 2.33. The van der Waals surface area contributed by atoms with Crippen LogP contribution < -0.4 is 5.32 Å². The molecule has 22 heavy (non-hydrogen) atoms. The second-order valence-electron chi connectivity index (χ2n) is 5.05. The van der Waals surface area contributed by atoms with Crippen LogP contribution in [0.25, 0.3) is 10.8 Å². The molecule has 0 bridgehead atoms. The molecular weight excluding hydrogens is 272 g/mol. The predicted octanol–water partition coefficient (Wildman–Crippen LogP) is 3.64. The Kier molecular flexibility index (Phi) is 3.84. The summed E-state index contributed by atoms with van der Waals surface area (Å²) in [4.78, 5) is 12.1. The molecule has 0 aliphatic carbocycles. The zero-order valence-corrected chi connectivity index (χ0v) is 11.9. The van der Waals surface area contributed by atoms with Crippen molar-refractivity contribution in [1.29, 1.82) is 5.26 Å². The highest BCUT2D eigenvalue weighted by atomic mass is 16.1. The normalized spacial score (nSPS) is 10.1. The van der Waals surface area contributed by atoms with E-state index in [9.17, 15) is 4.79 Å². The molecule has 0 spiro atoms. The van der Waals surface area contributed by atoms with Crippen molar-refractivity contribution in [2.45, 2.75) is 6.54 Å². The fourth-order valence-corrected chi connectivity index (χ4v) is 2.33. The molecule has 1 N–H and O–H groups in total. The van der Waals surface area contributed by atoms with E-state index in [1.807, 2.05) is 24.3 Å². The molecule has 0 saturated heterocycles. The third-order valence-corrected chi connectivity index (χ3v) is 3.54. The van der Waals surface area contributed by atoms with E-state index in [0.717, 1.165) is 10.9 Å². The average molecular weight is 286 g/mol. The summed E-state index contributed by atoms with van der Waals surface area (Å²) in [5.41, 5.74) is 2.16. The van der Waals surface area contributed by atoms with Gasteiger partial charge in [0.25, 0.3) is 5.91 Å². The third-order valence-electron chi connectivity index (χ3n) is 3.54. The van der Waals surface area contributed by atoms with Crippen LogP contribution in [0.2, 0.25) is 0 Å². The van der Waals surface area contributed by atoms with Crippen molar-refractivity contribution in [3.63, 3.8) is 0 Å². The first-order chi connectivity index (χ1) is 10.8. The van der Waals surface area contributed by atoms with Gasteiger partial charge in [-0.1, -0.05) is 36.4 Å². The van der Waals surface area contributed by atoms with Crippen molar-refractivity contribution >= 4 is 16.7 Å². The van der Waals surface area contributed by atoms with Crippen LogP contribution in [0, 0.1) is 11.3 Å². The predicted molar refractivity (Wildman–Crippen MR) is 86.3 cm³/mol. The summed E-state index contributed by atoms with van der Waals surface area (Å²) >= 11 is 0. The summed E-state index contributed by atoms with van der Waals surface area (Å²) in [5, 5.41) is 14.0. The molecule has 0 fully saturated rings. The summed E-state index contributed by atoms with van der Waals surface area (Å²) in [6, 6.07) is 22.9. The summed E-state index contributed by atoms with van der Waals surface area (Å²) in [7, 11) is 0. The van der Waals surface area contributed by atoms with Crippen molar-refractivity contribution in [2.75, 3.05) is 0 Å². The van der Waals surface area contributed by atoms with Gasteiger partial charge in [0.05, 0.1) is 11.6 Å². The Hall–Kier alpha value is -3.12. The van der Waals surface area contributed by atoms with Crippen LogP contribution in [0.1, 0.15) is 21.5 Å². The maximum absolute atomic E-state index is 12.1. The minimum atomic E-state index is -0.141. The smallest absolute Gasteiger partial charge is 0.251 e. The van der Waals surface area contributed by atoms with Crippen LogP contribution in [0.4, 0.5) is 0 Å². The minimum Gasteiger partial charge on any atom is -0.348 e. The molecule has 1 amide bonds. The number of carbonyl (C=O) groups excluding carboxylic acids is 1. The lowest BCUT2D eigenvalue weighted by molar-refractivity contribution is 0.0951. The lowest BCUT2D eigenvalue weighted by Crippen LogP contribution is -2.22. The van der Waals surface area contributed by atoms with Crippen LogP contribution in [0.15, 0.2) is 66.7 Å². The number of carbonyl (C=O) groups is 1. The third kappa shape index (κ3) is 2.97. The molecule has 3 aromatic rings. The molecule has 106 valence electrons. The lowest BCUT2D eigenvalue weighted by atomic mass is 10.1. The topological polar surface area (TPSA) is 52.9 Å². The van der Waals surface area contributed by atoms with Gasteiger partial charge >= 0.3 is 0 Å². The zero-order valence-electron chi connectivity index (χ0n) is 11.9. The Morgan fingerprint density at radius 3 is 2.41 bits per heavy atom. The van der Waals surface area contributed by atoms with E-state index in [1.54, 1.807) is 24.3 Å². The van der Waals surface area contributed by atoms with Gasteiger partial charge in [0.15, 0.2) is 0 Å². The van der Waals surface area contributed by atoms with Gasteiger partial charge in [-0.05, 0) is 46.7 Å². The Balaban J connectivity index is 1.70. The molecule has 0 atom stereocenters. The first-order valence-electron chi connectivity index (χ1n) is 7.02. The molecule has 3 heteroatoms. The molecule has 0 aromatic heterocycles. The molecule has 0 saturated carbocycles. The quantitative estimate of drug-likeness (QED) is 0.799. The molecule has 0 radical (unpaired) electrons. The Bertz CT molecular complexity index is 860. The van der Waals surface area contributed by atoms with E-state index in [4.69, 9.17) is 5.26 Å². The first-order valence-corrected chi connectivity index (χ1v) is 7.02. The van der Waals surface area contributed by atoms with Crippen molar-refractivity contribution in [1.82, 2.24) is 5.32 Å². The maximum Gasteiger partial charge on any atom is 0.251 e. The number of amides is 1. The highest BCUT2D eigenvalue weighted by Crippen LogP contribution is 2.15. The number of fused-ring (bicyclic) bond motifs is 1. The SMILES string of the molecule is N#Cc1ccc(C(=O)NCc2ccc3ccccc3c2)cc1. The van der Waals surface area contributed by atoms with Crippen LogP contribution in [0.3, 0.4) is 0 Å². The van der Waals surface area contributed by atoms with E-state index in [1.165, 1.54) is 5.39 Å². The molecule has 3 nitrogen and oxygen atoms in total. The molecule has 0 heterocycles. The second kappa shape index (κ2) is 6.11. The van der Waals surface area contributed by atoms with Gasteiger partial charge in [0.2, 0.25) is 0 Å². The number of nitrogens with zero attached hydrogens (tertiary/aromatic N) is 1. The summed E-state index contributed by atoms with van der Waals surface area (Å²) in [6.07, 6.45) is 0. The van der Waals surface area contributed by atoms with E-state index in [2.05, 4.69) is 29.6 Å². The van der Waals surface area contributed by atoms with Crippen molar-refractivity contribution < 1.29 is 4.79 Å². The van der Waals surface area contributed by atoms with Crippen LogP contribution >= 0.6 is 0 Å². The number of hydrogen-bond acceptors (Lipinski definition) is 2. The van der Waals surface area contributed by atoms with E-state index < -0.39 is 0 Å². The second-order valence-corrected chi connectivity index (χ2v) is 5.05. The Morgan fingerprint density at radius 1 is 0.955 bits per heavy atom. The van der Waals surface area contributed by atoms with Crippen molar-refractivity contribution in [3.8, 4) is 6.07 Å². The van der Waals surface area contributed by atoms with Crippen LogP contribution in [0.5, 0.6) is 0 Å². The largest absolute Gasteiger partial charge is 0.348 e. The number of hydrogen-bond donors (Lipinski definition) is 1. The average Bonchev–Trinajstić information content (AvgIpc) is 2.59. The Labute approximate surface area is 128 Å². The standard InChI is InChI=1S/C19H14N2O/c20-12-14-5-9-17(10-6-14)19(22)21-13-15-7-8-16-3-1-2-4-18(16)11-15/h1-11H,13H2,(H,21,22). The van der Waals surface area contributed by atoms with Gasteiger partial charge in [-0.25, -0.2) is 0 Å². The van der Waals surface area contributed by atoms with E-state index in [0.29, 0.717) is 17.7 Å². The zero-order chi connectivity index (χ0) is 15.4. The molecule has 3 rings (SSSR count). The Morgan fingerprint density at radius 2 is 1.68 bits per heavy atom. The van der Waals surface area contributed by atoms with Crippen LogP contribution in [-0.4, -0.2) is 5.91 Å². The minimum absolute atomic E-state index is 0.141. The van der Waals surface area contributed by atoms with Gasteiger partial charge in [-0.3, -0.25) is 4.79 Å². The molecular formula is C19H14N2O. The number of benzene rings is 3. The maximum atomic E-state index is 12.1. The molecule has 0 unspecified atom stereocenters. The fraction of sp³-hybridized carbons (Fsp3) is 0.0526. The highest BCUT2D eigenvalue weighted by Gasteiger charge is 2.05. The molecule has 3 aromatic carbocycles. The van der Waals surface area contributed by atoms with Gasteiger partial charge in [-0.2, -0.15) is 5.26 Å². The highest BCUT2D eigenvalue weighted by molar-refractivity contribution is 5.94.